The molecule has 1 aliphatic rings. The van der Waals surface area contributed by atoms with E-state index in [0.717, 1.165) is 19.3 Å². The molecule has 0 bridgehead atoms. The van der Waals surface area contributed by atoms with Crippen molar-refractivity contribution in [1.82, 2.24) is 4.72 Å². The normalized spacial score (nSPS) is 26.1. The van der Waals surface area contributed by atoms with Crippen LogP contribution in [0, 0.1) is 5.92 Å². The van der Waals surface area contributed by atoms with E-state index in [4.69, 9.17) is 5.11 Å². The van der Waals surface area contributed by atoms with Crippen LogP contribution >= 0.6 is 11.3 Å². The second-order valence-corrected chi connectivity index (χ2v) is 6.92. The van der Waals surface area contributed by atoms with Crippen molar-refractivity contribution in [3.8, 4) is 0 Å². The summed E-state index contributed by atoms with van der Waals surface area (Å²) in [5.41, 5.74) is 0. The second kappa shape index (κ2) is 4.83. The van der Waals surface area contributed by atoms with Crippen LogP contribution in [0.2, 0.25) is 0 Å². The van der Waals surface area contributed by atoms with Crippen molar-refractivity contribution >= 4 is 21.4 Å². The predicted octanol–water partition coefficient (Wildman–Crippen LogP) is 1.19. The first-order chi connectivity index (χ1) is 7.63. The summed E-state index contributed by atoms with van der Waals surface area (Å²) >= 11 is 1.21. The number of aliphatic hydroxyl groups is 1. The first-order valence-corrected chi connectivity index (χ1v) is 7.66. The first kappa shape index (κ1) is 12.0. The van der Waals surface area contributed by atoms with Gasteiger partial charge in [0.1, 0.15) is 4.21 Å². The fraction of sp³-hybridized carbons (Fsp3) is 0.600. The van der Waals surface area contributed by atoms with Gasteiger partial charge >= 0.3 is 0 Å². The standard InChI is InChI=1S/C10H15NO3S2/c12-7-8-3-1-4-9(8)11-16(13,14)10-5-2-6-15-10/h2,5-6,8-9,11-12H,1,3-4,7H2. The summed E-state index contributed by atoms with van der Waals surface area (Å²) in [6.07, 6.45) is 2.69. The predicted molar refractivity (Wildman–Crippen MR) is 62.9 cm³/mol. The lowest BCUT2D eigenvalue weighted by molar-refractivity contribution is 0.213. The van der Waals surface area contributed by atoms with Crippen LogP contribution in [-0.4, -0.2) is 26.2 Å². The number of thiophene rings is 1. The molecule has 2 rings (SSSR count). The van der Waals surface area contributed by atoms with Crippen LogP contribution in [0.15, 0.2) is 21.7 Å². The van der Waals surface area contributed by atoms with Crippen molar-refractivity contribution < 1.29 is 13.5 Å². The molecule has 2 atom stereocenters. The number of hydrogen-bond acceptors (Lipinski definition) is 4. The van der Waals surface area contributed by atoms with E-state index >= 15 is 0 Å². The Balaban J connectivity index is 2.10. The van der Waals surface area contributed by atoms with E-state index in [1.807, 2.05) is 0 Å². The molecule has 90 valence electrons. The molecule has 0 aliphatic heterocycles. The van der Waals surface area contributed by atoms with Gasteiger partial charge in [0.25, 0.3) is 0 Å². The molecule has 0 radical (unpaired) electrons. The summed E-state index contributed by atoms with van der Waals surface area (Å²) in [4.78, 5) is 0. The zero-order valence-electron chi connectivity index (χ0n) is 8.80. The van der Waals surface area contributed by atoms with E-state index in [1.165, 1.54) is 11.3 Å². The van der Waals surface area contributed by atoms with Crippen LogP contribution in [0.5, 0.6) is 0 Å². The van der Waals surface area contributed by atoms with E-state index in [-0.39, 0.29) is 18.6 Å². The average molecular weight is 261 g/mol. The fourth-order valence-electron chi connectivity index (χ4n) is 2.08. The van der Waals surface area contributed by atoms with Gasteiger partial charge in [0.05, 0.1) is 0 Å². The number of aliphatic hydroxyl groups excluding tert-OH is 1. The van der Waals surface area contributed by atoms with Crippen molar-refractivity contribution in [2.45, 2.75) is 29.5 Å². The summed E-state index contributed by atoms with van der Waals surface area (Å²) < 4.78 is 26.9. The monoisotopic (exact) mass is 261 g/mol. The summed E-state index contributed by atoms with van der Waals surface area (Å²) in [6, 6.07) is 3.20. The maximum Gasteiger partial charge on any atom is 0.250 e. The molecule has 4 nitrogen and oxygen atoms in total. The zero-order chi connectivity index (χ0) is 11.6. The average Bonchev–Trinajstić information content (AvgIpc) is 2.86. The van der Waals surface area contributed by atoms with Crippen LogP contribution in [0.25, 0.3) is 0 Å². The Bertz CT molecular complexity index is 427. The van der Waals surface area contributed by atoms with E-state index < -0.39 is 10.0 Å². The van der Waals surface area contributed by atoms with Gasteiger partial charge in [0.15, 0.2) is 0 Å². The van der Waals surface area contributed by atoms with Crippen LogP contribution < -0.4 is 4.72 Å². The van der Waals surface area contributed by atoms with E-state index in [1.54, 1.807) is 17.5 Å². The smallest absolute Gasteiger partial charge is 0.250 e. The minimum Gasteiger partial charge on any atom is -0.396 e. The van der Waals surface area contributed by atoms with E-state index in [0.29, 0.717) is 4.21 Å². The van der Waals surface area contributed by atoms with Crippen LogP contribution in [-0.2, 0) is 10.0 Å². The lowest BCUT2D eigenvalue weighted by Crippen LogP contribution is -2.38. The van der Waals surface area contributed by atoms with Crippen molar-refractivity contribution in [3.05, 3.63) is 17.5 Å². The molecular weight excluding hydrogens is 246 g/mol. The first-order valence-electron chi connectivity index (χ1n) is 5.30. The molecule has 1 saturated carbocycles. The van der Waals surface area contributed by atoms with Gasteiger partial charge in [-0.2, -0.15) is 0 Å². The van der Waals surface area contributed by atoms with Gasteiger partial charge in [-0.15, -0.1) is 11.3 Å². The Kier molecular flexibility index (Phi) is 3.63. The molecule has 2 N–H and O–H groups in total. The molecule has 6 heteroatoms. The van der Waals surface area contributed by atoms with Gasteiger partial charge < -0.3 is 5.11 Å². The molecule has 0 saturated heterocycles. The maximum atomic E-state index is 11.9. The number of rotatable bonds is 4. The largest absolute Gasteiger partial charge is 0.396 e. The molecule has 1 heterocycles. The van der Waals surface area contributed by atoms with Gasteiger partial charge in [-0.25, -0.2) is 13.1 Å². The molecule has 16 heavy (non-hydrogen) atoms. The molecule has 1 aromatic heterocycles. The highest BCUT2D eigenvalue weighted by Crippen LogP contribution is 2.27. The Morgan fingerprint density at radius 2 is 2.31 bits per heavy atom. The zero-order valence-corrected chi connectivity index (χ0v) is 10.4. The molecule has 0 amide bonds. The van der Waals surface area contributed by atoms with Crippen LogP contribution in [0.1, 0.15) is 19.3 Å². The van der Waals surface area contributed by atoms with Crippen molar-refractivity contribution in [2.75, 3.05) is 6.61 Å². The summed E-state index contributed by atoms with van der Waals surface area (Å²) in [5, 5.41) is 10.9. The van der Waals surface area contributed by atoms with Gasteiger partial charge in [0, 0.05) is 12.6 Å². The molecule has 2 unspecified atom stereocenters. The Labute approximate surface area is 99.4 Å². The molecule has 1 fully saturated rings. The maximum absolute atomic E-state index is 11.9. The Morgan fingerprint density at radius 3 is 2.94 bits per heavy atom. The van der Waals surface area contributed by atoms with Gasteiger partial charge in [0.2, 0.25) is 10.0 Å². The summed E-state index contributed by atoms with van der Waals surface area (Å²) in [7, 11) is -3.39. The molecule has 1 aliphatic carbocycles. The lowest BCUT2D eigenvalue weighted by Gasteiger charge is -2.18. The fourth-order valence-corrected chi connectivity index (χ4v) is 4.43. The number of hydrogen-bond donors (Lipinski definition) is 2. The quantitative estimate of drug-likeness (QED) is 0.855. The summed E-state index contributed by atoms with van der Waals surface area (Å²) in [5.74, 6) is 0.0646. The minimum atomic E-state index is -3.39. The van der Waals surface area contributed by atoms with Crippen LogP contribution in [0.3, 0.4) is 0 Å². The third-order valence-corrected chi connectivity index (χ3v) is 5.85. The summed E-state index contributed by atoms with van der Waals surface area (Å²) in [6.45, 7) is 0.0532. The third-order valence-electron chi connectivity index (χ3n) is 2.96. The Morgan fingerprint density at radius 1 is 1.50 bits per heavy atom. The van der Waals surface area contributed by atoms with Crippen LogP contribution in [0.4, 0.5) is 0 Å². The van der Waals surface area contributed by atoms with Crippen molar-refractivity contribution in [2.24, 2.45) is 5.92 Å². The van der Waals surface area contributed by atoms with Gasteiger partial charge in [-0.1, -0.05) is 12.5 Å². The Hall–Kier alpha value is -0.430. The highest BCUT2D eigenvalue weighted by Gasteiger charge is 2.30. The SMILES string of the molecule is O=S(=O)(NC1CCCC1CO)c1cccs1. The van der Waals surface area contributed by atoms with Crippen molar-refractivity contribution in [1.29, 1.82) is 0 Å². The van der Waals surface area contributed by atoms with E-state index in [9.17, 15) is 8.42 Å². The molecule has 1 aromatic rings. The van der Waals surface area contributed by atoms with E-state index in [2.05, 4.69) is 4.72 Å². The topological polar surface area (TPSA) is 66.4 Å². The number of nitrogens with one attached hydrogen (secondary N) is 1. The highest BCUT2D eigenvalue weighted by molar-refractivity contribution is 7.91. The van der Waals surface area contributed by atoms with Gasteiger partial charge in [-0.05, 0) is 30.2 Å². The second-order valence-electron chi connectivity index (χ2n) is 4.03. The van der Waals surface area contributed by atoms with Crippen molar-refractivity contribution in [3.63, 3.8) is 0 Å². The molecule has 0 spiro atoms. The molecular formula is C10H15NO3S2. The minimum absolute atomic E-state index is 0.0532. The van der Waals surface area contributed by atoms with Gasteiger partial charge in [-0.3, -0.25) is 0 Å². The lowest BCUT2D eigenvalue weighted by atomic mass is 10.1. The molecule has 0 aromatic carbocycles. The highest BCUT2D eigenvalue weighted by atomic mass is 32.2. The third kappa shape index (κ3) is 2.45. The number of sulfonamides is 1.